The molecule has 0 atom stereocenters. The second-order valence-electron chi connectivity index (χ2n) is 4.37. The fourth-order valence-corrected chi connectivity index (χ4v) is 1.92. The Morgan fingerprint density at radius 1 is 1.40 bits per heavy atom. The van der Waals surface area contributed by atoms with Crippen molar-refractivity contribution >= 4 is 11.6 Å². The quantitative estimate of drug-likeness (QED) is 0.793. The van der Waals surface area contributed by atoms with Crippen LogP contribution in [0.3, 0.4) is 0 Å². The Balaban J connectivity index is 1.89. The molecule has 15 heavy (non-hydrogen) atoms. The van der Waals surface area contributed by atoms with Crippen LogP contribution in [-0.4, -0.2) is 11.6 Å². The Labute approximate surface area is 88.5 Å². The Hall–Kier alpha value is -1.38. The van der Waals surface area contributed by atoms with Gasteiger partial charge in [0.25, 0.3) is 0 Å². The van der Waals surface area contributed by atoms with Gasteiger partial charge in [-0.25, -0.2) is 4.39 Å². The molecule has 0 aliphatic heterocycles. The Bertz CT molecular complexity index is 353. The molecule has 2 rings (SSSR count). The zero-order chi connectivity index (χ0) is 10.9. The van der Waals surface area contributed by atoms with Crippen LogP contribution in [0.2, 0.25) is 0 Å². The largest absolute Gasteiger partial charge is 0.326 e. The lowest BCUT2D eigenvalue weighted by Crippen LogP contribution is -2.43. The van der Waals surface area contributed by atoms with Crippen LogP contribution in [0.25, 0.3) is 0 Å². The summed E-state index contributed by atoms with van der Waals surface area (Å²) in [6, 6.07) is 9.25. The summed E-state index contributed by atoms with van der Waals surface area (Å²) in [4.78, 5) is 11.6. The minimum Gasteiger partial charge on any atom is -0.326 e. The molecular weight excluding hydrogens is 193 g/mol. The highest BCUT2D eigenvalue weighted by Crippen LogP contribution is 2.41. The Morgan fingerprint density at radius 2 is 2.00 bits per heavy atom. The minimum absolute atomic E-state index is 0.0728. The van der Waals surface area contributed by atoms with E-state index in [1.54, 1.807) is 6.92 Å². The van der Waals surface area contributed by atoms with Crippen molar-refractivity contribution in [3.8, 4) is 0 Å². The van der Waals surface area contributed by atoms with Gasteiger partial charge in [0.1, 0.15) is 5.67 Å². The predicted molar refractivity (Wildman–Crippen MR) is 57.3 cm³/mol. The first-order valence-electron chi connectivity index (χ1n) is 5.12. The highest BCUT2D eigenvalue weighted by Gasteiger charge is 2.44. The van der Waals surface area contributed by atoms with E-state index in [9.17, 15) is 9.18 Å². The van der Waals surface area contributed by atoms with E-state index in [1.807, 2.05) is 30.3 Å². The second kappa shape index (κ2) is 3.65. The van der Waals surface area contributed by atoms with Crippen LogP contribution in [-0.2, 0) is 4.79 Å². The first-order valence-corrected chi connectivity index (χ1v) is 5.12. The third-order valence-electron chi connectivity index (χ3n) is 2.76. The first-order chi connectivity index (χ1) is 7.07. The molecule has 0 radical (unpaired) electrons. The number of halogens is 1. The van der Waals surface area contributed by atoms with Gasteiger partial charge in [-0.2, -0.15) is 0 Å². The summed E-state index contributed by atoms with van der Waals surface area (Å²) in [5.74, 6) is -0.239. The molecule has 0 bridgehead atoms. The molecule has 3 heteroatoms. The molecule has 1 N–H and O–H groups in total. The average molecular weight is 207 g/mol. The standard InChI is InChI=1S/C12H14FNO/c1-12(13)7-9(8-12)11(15)14-10-5-3-2-4-6-10/h2-6,9H,7-8H2,1H3,(H,14,15). The van der Waals surface area contributed by atoms with Gasteiger partial charge in [-0.15, -0.1) is 0 Å². The first kappa shape index (κ1) is 10.1. The average Bonchev–Trinajstić information content (AvgIpc) is 2.15. The summed E-state index contributed by atoms with van der Waals surface area (Å²) >= 11 is 0. The third kappa shape index (κ3) is 2.35. The highest BCUT2D eigenvalue weighted by atomic mass is 19.1. The van der Waals surface area contributed by atoms with E-state index >= 15 is 0 Å². The smallest absolute Gasteiger partial charge is 0.227 e. The maximum absolute atomic E-state index is 13.2. The third-order valence-corrected chi connectivity index (χ3v) is 2.76. The summed E-state index contributed by atoms with van der Waals surface area (Å²) in [5, 5.41) is 2.78. The molecule has 0 saturated heterocycles. The normalized spacial score (nSPS) is 29.3. The molecular formula is C12H14FNO. The van der Waals surface area contributed by atoms with Gasteiger partial charge < -0.3 is 5.32 Å². The molecule has 0 heterocycles. The fourth-order valence-electron chi connectivity index (χ4n) is 1.92. The monoisotopic (exact) mass is 207 g/mol. The number of anilines is 1. The van der Waals surface area contributed by atoms with Crippen molar-refractivity contribution in [3.05, 3.63) is 30.3 Å². The van der Waals surface area contributed by atoms with E-state index in [0.29, 0.717) is 12.8 Å². The lowest BCUT2D eigenvalue weighted by atomic mass is 9.73. The second-order valence-corrected chi connectivity index (χ2v) is 4.37. The summed E-state index contributed by atoms with van der Waals surface area (Å²) in [6.45, 7) is 1.54. The zero-order valence-corrected chi connectivity index (χ0v) is 8.66. The summed E-state index contributed by atoms with van der Waals surface area (Å²) in [6.07, 6.45) is 0.678. The van der Waals surface area contributed by atoms with Crippen LogP contribution in [0.15, 0.2) is 30.3 Å². The van der Waals surface area contributed by atoms with Gasteiger partial charge in [0.2, 0.25) is 5.91 Å². The van der Waals surface area contributed by atoms with E-state index in [4.69, 9.17) is 0 Å². The number of alkyl halides is 1. The van der Waals surface area contributed by atoms with Crippen LogP contribution in [0, 0.1) is 5.92 Å². The molecule has 1 fully saturated rings. The van der Waals surface area contributed by atoms with Gasteiger partial charge in [-0.05, 0) is 31.9 Å². The molecule has 1 aliphatic rings. The number of amides is 1. The SMILES string of the molecule is CC1(F)CC(C(=O)Nc2ccccc2)C1. The van der Waals surface area contributed by atoms with E-state index < -0.39 is 5.67 Å². The van der Waals surface area contributed by atoms with Crippen molar-refractivity contribution < 1.29 is 9.18 Å². The number of carbonyl (C=O) groups excluding carboxylic acids is 1. The van der Waals surface area contributed by atoms with Crippen LogP contribution < -0.4 is 5.32 Å². The molecule has 80 valence electrons. The van der Waals surface area contributed by atoms with E-state index in [1.165, 1.54) is 0 Å². The van der Waals surface area contributed by atoms with Gasteiger partial charge in [0, 0.05) is 11.6 Å². The van der Waals surface area contributed by atoms with Crippen LogP contribution in [0.5, 0.6) is 0 Å². The van der Waals surface area contributed by atoms with Gasteiger partial charge >= 0.3 is 0 Å². The van der Waals surface area contributed by atoms with Crippen molar-refractivity contribution in [3.63, 3.8) is 0 Å². The van der Waals surface area contributed by atoms with Gasteiger partial charge in [0.05, 0.1) is 0 Å². The van der Waals surface area contributed by atoms with Crippen molar-refractivity contribution in [2.45, 2.75) is 25.4 Å². The van der Waals surface area contributed by atoms with Crippen molar-refractivity contribution in [1.82, 2.24) is 0 Å². The van der Waals surface area contributed by atoms with Crippen LogP contribution >= 0.6 is 0 Å². The van der Waals surface area contributed by atoms with Crippen molar-refractivity contribution in [1.29, 1.82) is 0 Å². The maximum Gasteiger partial charge on any atom is 0.227 e. The Morgan fingerprint density at radius 3 is 2.53 bits per heavy atom. The minimum atomic E-state index is -1.14. The Kier molecular flexibility index (Phi) is 2.47. The number of rotatable bonds is 2. The predicted octanol–water partition coefficient (Wildman–Crippen LogP) is 2.76. The number of benzene rings is 1. The number of hydrogen-bond donors (Lipinski definition) is 1. The number of carbonyl (C=O) groups is 1. The number of hydrogen-bond acceptors (Lipinski definition) is 1. The molecule has 1 aliphatic carbocycles. The van der Waals surface area contributed by atoms with Crippen molar-refractivity contribution in [2.24, 2.45) is 5.92 Å². The van der Waals surface area contributed by atoms with Crippen LogP contribution in [0.1, 0.15) is 19.8 Å². The molecule has 0 unspecified atom stereocenters. The maximum atomic E-state index is 13.2. The van der Waals surface area contributed by atoms with Gasteiger partial charge in [0.15, 0.2) is 0 Å². The van der Waals surface area contributed by atoms with E-state index in [0.717, 1.165) is 5.69 Å². The number of para-hydroxylation sites is 1. The molecule has 1 aromatic rings. The van der Waals surface area contributed by atoms with Gasteiger partial charge in [-0.1, -0.05) is 18.2 Å². The van der Waals surface area contributed by atoms with Crippen molar-refractivity contribution in [2.75, 3.05) is 5.32 Å². The van der Waals surface area contributed by atoms with Crippen LogP contribution in [0.4, 0.5) is 10.1 Å². The van der Waals surface area contributed by atoms with E-state index in [2.05, 4.69) is 5.32 Å². The molecule has 1 amide bonds. The lowest BCUT2D eigenvalue weighted by Gasteiger charge is -2.37. The van der Waals surface area contributed by atoms with E-state index in [-0.39, 0.29) is 11.8 Å². The molecule has 0 spiro atoms. The lowest BCUT2D eigenvalue weighted by molar-refractivity contribution is -0.127. The summed E-state index contributed by atoms with van der Waals surface area (Å²) < 4.78 is 13.2. The number of nitrogens with one attached hydrogen (secondary N) is 1. The molecule has 0 aromatic heterocycles. The molecule has 1 aromatic carbocycles. The molecule has 1 saturated carbocycles. The highest BCUT2D eigenvalue weighted by molar-refractivity contribution is 5.93. The topological polar surface area (TPSA) is 29.1 Å². The summed E-state index contributed by atoms with van der Waals surface area (Å²) in [5.41, 5.74) is -0.367. The van der Waals surface area contributed by atoms with Gasteiger partial charge in [-0.3, -0.25) is 4.79 Å². The molecule has 2 nitrogen and oxygen atoms in total. The summed E-state index contributed by atoms with van der Waals surface area (Å²) in [7, 11) is 0. The zero-order valence-electron chi connectivity index (χ0n) is 8.66. The fraction of sp³-hybridized carbons (Fsp3) is 0.417.